The molecule has 2 heterocycles. The fourth-order valence-corrected chi connectivity index (χ4v) is 0.988. The van der Waals surface area contributed by atoms with Crippen LogP contribution in [0.5, 0.6) is 0 Å². The highest BCUT2D eigenvalue weighted by Gasteiger charge is 2.19. The molecule has 0 fully saturated rings. The third kappa shape index (κ3) is 1.18. The Morgan fingerprint density at radius 2 is 2.15 bits per heavy atom. The van der Waals surface area contributed by atoms with Gasteiger partial charge in [0.05, 0.1) is 18.0 Å². The average molecular weight is 175 g/mol. The summed E-state index contributed by atoms with van der Waals surface area (Å²) in [5, 5.41) is 14.7. The predicted molar refractivity (Wildman–Crippen MR) is 43.2 cm³/mol. The minimum Gasteiger partial charge on any atom is -0.365 e. The number of primary amides is 1. The van der Waals surface area contributed by atoms with Crippen LogP contribution in [0.4, 0.5) is 0 Å². The summed E-state index contributed by atoms with van der Waals surface area (Å²) in [6, 6.07) is 0. The Hall–Kier alpha value is -2.11. The van der Waals surface area contributed by atoms with Crippen molar-refractivity contribution < 1.29 is 4.79 Å². The maximum atomic E-state index is 10.9. The van der Waals surface area contributed by atoms with Crippen LogP contribution >= 0.6 is 0 Å². The largest absolute Gasteiger partial charge is 0.365 e. The molecular weight excluding hydrogens is 170 g/mol. The van der Waals surface area contributed by atoms with E-state index in [2.05, 4.69) is 20.5 Å². The molecule has 6 heteroatoms. The van der Waals surface area contributed by atoms with Gasteiger partial charge in [0, 0.05) is 0 Å². The van der Waals surface area contributed by atoms with Gasteiger partial charge in [-0.25, -0.2) is 0 Å². The fourth-order valence-electron chi connectivity index (χ4n) is 0.988. The second-order valence-electron chi connectivity index (χ2n) is 2.39. The van der Waals surface area contributed by atoms with Crippen molar-refractivity contribution in [3.8, 4) is 0 Å². The van der Waals surface area contributed by atoms with Gasteiger partial charge in [-0.3, -0.25) is 4.79 Å². The molecule has 2 aliphatic rings. The van der Waals surface area contributed by atoms with Crippen LogP contribution in [-0.2, 0) is 4.79 Å². The lowest BCUT2D eigenvalue weighted by Gasteiger charge is -1.96. The number of nitrogens with two attached hydrogens (primary N) is 1. The highest BCUT2D eigenvalue weighted by molar-refractivity contribution is 5.97. The first kappa shape index (κ1) is 7.53. The van der Waals surface area contributed by atoms with Gasteiger partial charge >= 0.3 is 0 Å². The fraction of sp³-hybridized carbons (Fsp3) is 0. The molecule has 0 aromatic carbocycles. The van der Waals surface area contributed by atoms with E-state index in [0.29, 0.717) is 11.4 Å². The van der Waals surface area contributed by atoms with Crippen molar-refractivity contribution in [3.05, 3.63) is 35.4 Å². The van der Waals surface area contributed by atoms with Gasteiger partial charge in [0.25, 0.3) is 5.91 Å². The maximum Gasteiger partial charge on any atom is 0.252 e. The minimum absolute atomic E-state index is 0.264. The van der Waals surface area contributed by atoms with Gasteiger partial charge in [0.1, 0.15) is 11.4 Å². The summed E-state index contributed by atoms with van der Waals surface area (Å²) in [4.78, 5) is 10.9. The average Bonchev–Trinajstić information content (AvgIpc) is 2.74. The van der Waals surface area contributed by atoms with E-state index in [1.165, 1.54) is 12.4 Å². The van der Waals surface area contributed by atoms with E-state index in [1.54, 1.807) is 6.08 Å². The van der Waals surface area contributed by atoms with Gasteiger partial charge < -0.3 is 5.73 Å². The Balaban J connectivity index is 2.46. The van der Waals surface area contributed by atoms with E-state index < -0.39 is 5.91 Å². The van der Waals surface area contributed by atoms with Crippen molar-refractivity contribution in [1.29, 1.82) is 0 Å². The van der Waals surface area contributed by atoms with Crippen LogP contribution in [-0.4, -0.2) is 5.91 Å². The molecule has 0 aromatic rings. The summed E-state index contributed by atoms with van der Waals surface area (Å²) in [6.45, 7) is 0. The summed E-state index contributed by atoms with van der Waals surface area (Å²) in [5.41, 5.74) is 6.25. The number of azo groups is 2. The monoisotopic (exact) mass is 175 g/mol. The van der Waals surface area contributed by atoms with Gasteiger partial charge in [-0.05, 0) is 6.08 Å². The van der Waals surface area contributed by atoms with E-state index in [9.17, 15) is 4.79 Å². The normalized spacial score (nSPS) is 24.2. The Morgan fingerprint density at radius 1 is 1.31 bits per heavy atom. The molecule has 0 atom stereocenters. The van der Waals surface area contributed by atoms with E-state index in [0.717, 1.165) is 0 Å². The lowest BCUT2D eigenvalue weighted by atomic mass is 10.2. The van der Waals surface area contributed by atoms with Crippen LogP contribution in [0.15, 0.2) is 55.9 Å². The molecule has 0 radical (unpaired) electrons. The molecule has 13 heavy (non-hydrogen) atoms. The molecule has 0 saturated heterocycles. The summed E-state index contributed by atoms with van der Waals surface area (Å²) < 4.78 is 0. The SMILES string of the molecule is NC(=O)C1=CN=NC1=C1C=CN=N1. The van der Waals surface area contributed by atoms with E-state index >= 15 is 0 Å². The quantitative estimate of drug-likeness (QED) is 0.632. The number of nitrogens with zero attached hydrogens (tertiary/aromatic N) is 4. The third-order valence-corrected chi connectivity index (χ3v) is 1.57. The summed E-state index contributed by atoms with van der Waals surface area (Å²) in [7, 11) is 0. The van der Waals surface area contributed by atoms with Crippen molar-refractivity contribution in [2.45, 2.75) is 0 Å². The number of hydrogen-bond donors (Lipinski definition) is 1. The van der Waals surface area contributed by atoms with Crippen LogP contribution in [0, 0.1) is 0 Å². The van der Waals surface area contributed by atoms with Crippen LogP contribution in [0.2, 0.25) is 0 Å². The predicted octanol–water partition coefficient (Wildman–Crippen LogP) is 1.01. The smallest absolute Gasteiger partial charge is 0.252 e. The molecule has 0 unspecified atom stereocenters. The Kier molecular flexibility index (Phi) is 1.59. The zero-order chi connectivity index (χ0) is 9.26. The third-order valence-electron chi connectivity index (χ3n) is 1.57. The number of carbonyl (C=O) groups is 1. The van der Waals surface area contributed by atoms with Crippen LogP contribution < -0.4 is 5.73 Å². The second kappa shape index (κ2) is 2.74. The molecule has 2 rings (SSSR count). The number of rotatable bonds is 1. The van der Waals surface area contributed by atoms with Crippen molar-refractivity contribution in [3.63, 3.8) is 0 Å². The Morgan fingerprint density at radius 3 is 2.77 bits per heavy atom. The standard InChI is InChI=1S/C7H5N5O/c8-7(13)4-3-10-12-6(4)5-1-2-9-11-5/h1-3H,(H2,8,13). The number of allylic oxidation sites excluding steroid dienone is 1. The highest BCUT2D eigenvalue weighted by Crippen LogP contribution is 2.25. The Bertz CT molecular complexity index is 399. The molecule has 0 bridgehead atoms. The van der Waals surface area contributed by atoms with Crippen LogP contribution in [0.25, 0.3) is 0 Å². The molecule has 6 nitrogen and oxygen atoms in total. The molecule has 0 saturated carbocycles. The first-order valence-electron chi connectivity index (χ1n) is 3.52. The van der Waals surface area contributed by atoms with Crippen molar-refractivity contribution in [2.24, 2.45) is 26.2 Å². The molecule has 1 amide bonds. The van der Waals surface area contributed by atoms with Crippen LogP contribution in [0.3, 0.4) is 0 Å². The molecule has 2 aliphatic heterocycles. The molecule has 0 spiro atoms. The summed E-state index contributed by atoms with van der Waals surface area (Å²) >= 11 is 0. The Labute approximate surface area is 73.2 Å². The van der Waals surface area contributed by atoms with Crippen molar-refractivity contribution in [1.82, 2.24) is 0 Å². The molecule has 64 valence electrons. The maximum absolute atomic E-state index is 10.9. The zero-order valence-corrected chi connectivity index (χ0v) is 6.51. The van der Waals surface area contributed by atoms with Crippen LogP contribution in [0.1, 0.15) is 0 Å². The first-order chi connectivity index (χ1) is 6.29. The van der Waals surface area contributed by atoms with E-state index in [-0.39, 0.29) is 5.57 Å². The molecule has 2 N–H and O–H groups in total. The van der Waals surface area contributed by atoms with Gasteiger partial charge in [-0.15, -0.1) is 10.2 Å². The first-order valence-corrected chi connectivity index (χ1v) is 3.52. The van der Waals surface area contributed by atoms with E-state index in [4.69, 9.17) is 5.73 Å². The minimum atomic E-state index is -0.567. The van der Waals surface area contributed by atoms with E-state index in [1.807, 2.05) is 0 Å². The lowest BCUT2D eigenvalue weighted by molar-refractivity contribution is -0.114. The molecule has 0 aliphatic carbocycles. The second-order valence-corrected chi connectivity index (χ2v) is 2.39. The topological polar surface area (TPSA) is 92.5 Å². The summed E-state index contributed by atoms with van der Waals surface area (Å²) in [5.74, 6) is -0.567. The lowest BCUT2D eigenvalue weighted by Crippen LogP contribution is -2.14. The van der Waals surface area contributed by atoms with Crippen molar-refractivity contribution in [2.75, 3.05) is 0 Å². The molecular formula is C7H5N5O. The number of carbonyl (C=O) groups excluding carboxylic acids is 1. The van der Waals surface area contributed by atoms with Gasteiger partial charge in [-0.2, -0.15) is 10.2 Å². The molecule has 0 aromatic heterocycles. The highest BCUT2D eigenvalue weighted by atomic mass is 16.1. The van der Waals surface area contributed by atoms with Gasteiger partial charge in [0.15, 0.2) is 0 Å². The number of hydrogen-bond acceptors (Lipinski definition) is 5. The summed E-state index contributed by atoms with van der Waals surface area (Å²) in [6.07, 6.45) is 4.46. The van der Waals surface area contributed by atoms with Gasteiger partial charge in [-0.1, -0.05) is 0 Å². The van der Waals surface area contributed by atoms with Crippen molar-refractivity contribution >= 4 is 5.91 Å². The number of amides is 1. The zero-order valence-electron chi connectivity index (χ0n) is 6.51. The van der Waals surface area contributed by atoms with Gasteiger partial charge in [0.2, 0.25) is 0 Å².